The average molecular weight is 729 g/mol. The van der Waals surface area contributed by atoms with Crippen molar-refractivity contribution in [3.63, 3.8) is 0 Å². The number of ether oxygens (including phenoxy) is 5. The van der Waals surface area contributed by atoms with Gasteiger partial charge in [0.2, 0.25) is 11.8 Å². The second-order valence-corrected chi connectivity index (χ2v) is 14.5. The zero-order chi connectivity index (χ0) is 36.6. The molecule has 15 heteroatoms. The zero-order valence-corrected chi connectivity index (χ0v) is 28.8. The summed E-state index contributed by atoms with van der Waals surface area (Å²) in [6.45, 7) is -0.242. The smallest absolute Gasteiger partial charge is 0.338 e. The molecule has 3 aliphatic heterocycles. The van der Waals surface area contributed by atoms with Crippen LogP contribution in [-0.4, -0.2) is 142 Å². The fourth-order valence-corrected chi connectivity index (χ4v) is 7.80. The third-order valence-electron chi connectivity index (χ3n) is 10.8. The maximum atomic E-state index is 14.0. The Morgan fingerprint density at radius 3 is 2.37 bits per heavy atom. The number of aliphatic hydroxyl groups is 5. The number of amides is 2. The first-order valence-electron chi connectivity index (χ1n) is 18.3. The maximum absolute atomic E-state index is 14.0. The van der Waals surface area contributed by atoms with Crippen LogP contribution in [0.2, 0.25) is 0 Å². The van der Waals surface area contributed by atoms with Gasteiger partial charge in [-0.1, -0.05) is 24.3 Å². The number of likely N-dealkylation sites (tertiary alicyclic amines) is 1. The summed E-state index contributed by atoms with van der Waals surface area (Å²) in [7, 11) is 0. The molecular weight excluding hydrogens is 680 g/mol. The van der Waals surface area contributed by atoms with Crippen LogP contribution in [0.4, 0.5) is 0 Å². The van der Waals surface area contributed by atoms with E-state index in [0.717, 1.165) is 31.2 Å². The highest BCUT2D eigenvalue weighted by Gasteiger charge is 2.64. The van der Waals surface area contributed by atoms with Gasteiger partial charge in [-0.05, 0) is 62.3 Å². The highest BCUT2D eigenvalue weighted by atomic mass is 16.8. The van der Waals surface area contributed by atoms with Crippen LogP contribution >= 0.6 is 0 Å². The van der Waals surface area contributed by atoms with Gasteiger partial charge in [-0.2, -0.15) is 0 Å². The van der Waals surface area contributed by atoms with Crippen LogP contribution in [0.3, 0.4) is 0 Å². The minimum Gasteiger partial charge on any atom is -0.456 e. The number of benzene rings is 1. The molecule has 3 aliphatic carbocycles. The zero-order valence-electron chi connectivity index (χ0n) is 28.8. The molecule has 3 saturated heterocycles. The van der Waals surface area contributed by atoms with Crippen LogP contribution in [0.25, 0.3) is 6.08 Å². The summed E-state index contributed by atoms with van der Waals surface area (Å²) < 4.78 is 30.3. The topological polar surface area (TPSA) is 214 Å². The predicted octanol–water partition coefficient (Wildman–Crippen LogP) is -0.228. The first kappa shape index (κ1) is 37.1. The number of aliphatic hydroxyl groups excluding tert-OH is 5. The van der Waals surface area contributed by atoms with Crippen molar-refractivity contribution in [2.24, 2.45) is 11.8 Å². The maximum Gasteiger partial charge on any atom is 0.338 e. The number of esters is 1. The fraction of sp³-hybridized carbons (Fsp3) is 0.649. The second kappa shape index (κ2) is 15.6. The van der Waals surface area contributed by atoms with E-state index in [0.29, 0.717) is 30.5 Å². The largest absolute Gasteiger partial charge is 0.456 e. The summed E-state index contributed by atoms with van der Waals surface area (Å²) in [4.78, 5) is 41.9. The summed E-state index contributed by atoms with van der Waals surface area (Å²) in [6, 6.07) is 6.02. The van der Waals surface area contributed by atoms with Gasteiger partial charge in [-0.15, -0.1) is 0 Å². The summed E-state index contributed by atoms with van der Waals surface area (Å²) in [5.41, 5.74) is 1.44. The molecule has 15 nitrogen and oxygen atoms in total. The van der Waals surface area contributed by atoms with Crippen molar-refractivity contribution in [3.8, 4) is 0 Å². The van der Waals surface area contributed by atoms with Crippen molar-refractivity contribution in [2.75, 3.05) is 32.9 Å². The lowest BCUT2D eigenvalue weighted by Gasteiger charge is -2.39. The van der Waals surface area contributed by atoms with Gasteiger partial charge in [0, 0.05) is 36.9 Å². The number of hydrogen-bond donors (Lipinski definition) is 6. The molecule has 1 aromatic carbocycles. The number of carbonyl (C=O) groups is 3. The van der Waals surface area contributed by atoms with Crippen LogP contribution in [-0.2, 0) is 33.3 Å². The van der Waals surface area contributed by atoms with Crippen LogP contribution in [0.15, 0.2) is 42.0 Å². The molecule has 6 aliphatic rings. The molecule has 2 saturated carbocycles. The molecule has 0 unspecified atom stereocenters. The van der Waals surface area contributed by atoms with Crippen molar-refractivity contribution in [1.82, 2.24) is 10.2 Å². The number of hydrogen-bond acceptors (Lipinski definition) is 13. The van der Waals surface area contributed by atoms with E-state index in [4.69, 9.17) is 28.8 Å². The normalized spacial score (nSPS) is 34.2. The standard InChI is InChI=1S/C37H48N2O13/c40-15-13-38-33(45)25-4-1-14-39(25)34(46)22-17-26(32-27(18-22)51-37(52-32,23-9-10-23)24-11-12-24)49-35(47)21-7-5-20(6-8-21)3-2-16-48-36-31(44)30(43)29(42)28(19-41)50-36/h2-3,5-8,18,23-32,36,40-44H,1,4,9-17,19H2,(H,38,45)/t25-,26-,27-,28-,29+,30+,31-,32+,36+/m1/s1. The molecular formula is C37H48N2O13. The van der Waals surface area contributed by atoms with E-state index in [1.165, 1.54) is 0 Å². The molecule has 0 spiro atoms. The molecule has 2 amide bonds. The lowest BCUT2D eigenvalue weighted by Crippen LogP contribution is -2.59. The van der Waals surface area contributed by atoms with Crippen LogP contribution in [0.1, 0.15) is 60.9 Å². The average Bonchev–Trinajstić information content (AvgIpc) is 4.10. The van der Waals surface area contributed by atoms with Gasteiger partial charge in [0.05, 0.1) is 25.4 Å². The lowest BCUT2D eigenvalue weighted by atomic mass is 9.91. The summed E-state index contributed by atoms with van der Waals surface area (Å²) in [5.74, 6) is -1.42. The van der Waals surface area contributed by atoms with E-state index in [1.54, 1.807) is 47.4 Å². The second-order valence-electron chi connectivity index (χ2n) is 14.5. The Morgan fingerprint density at radius 1 is 0.962 bits per heavy atom. The molecule has 7 rings (SSSR count). The van der Waals surface area contributed by atoms with Crippen LogP contribution < -0.4 is 5.32 Å². The third-order valence-corrected chi connectivity index (χ3v) is 10.8. The van der Waals surface area contributed by atoms with Gasteiger partial charge in [0.25, 0.3) is 0 Å². The first-order chi connectivity index (χ1) is 25.1. The molecule has 0 bridgehead atoms. The van der Waals surface area contributed by atoms with Crippen molar-refractivity contribution >= 4 is 23.9 Å². The monoisotopic (exact) mass is 728 g/mol. The number of nitrogens with one attached hydrogen (secondary N) is 1. The Morgan fingerprint density at radius 2 is 1.69 bits per heavy atom. The lowest BCUT2D eigenvalue weighted by molar-refractivity contribution is -0.298. The Balaban J connectivity index is 1.01. The van der Waals surface area contributed by atoms with Crippen molar-refractivity contribution in [3.05, 3.63) is 53.1 Å². The fourth-order valence-electron chi connectivity index (χ4n) is 7.80. The predicted molar refractivity (Wildman–Crippen MR) is 180 cm³/mol. The van der Waals surface area contributed by atoms with Gasteiger partial charge >= 0.3 is 5.97 Å². The summed E-state index contributed by atoms with van der Waals surface area (Å²) in [5, 5.41) is 51.2. The van der Waals surface area contributed by atoms with Gasteiger partial charge in [0.15, 0.2) is 12.1 Å². The molecule has 5 fully saturated rings. The molecule has 52 heavy (non-hydrogen) atoms. The number of carbonyl (C=O) groups excluding carboxylic acids is 3. The van der Waals surface area contributed by atoms with E-state index >= 15 is 0 Å². The highest BCUT2D eigenvalue weighted by Crippen LogP contribution is 2.59. The van der Waals surface area contributed by atoms with E-state index in [-0.39, 0.29) is 49.8 Å². The third kappa shape index (κ3) is 7.56. The first-order valence-corrected chi connectivity index (χ1v) is 18.3. The van der Waals surface area contributed by atoms with E-state index in [1.807, 2.05) is 0 Å². The quantitative estimate of drug-likeness (QED) is 0.145. The minimum atomic E-state index is -1.53. The minimum absolute atomic E-state index is 0.0118. The molecule has 9 atom stereocenters. The van der Waals surface area contributed by atoms with Gasteiger partial charge < -0.3 is 59.4 Å². The Hall–Kier alpha value is -3.25. The highest BCUT2D eigenvalue weighted by molar-refractivity contribution is 5.98. The molecule has 0 aromatic heterocycles. The molecule has 6 N–H and O–H groups in total. The van der Waals surface area contributed by atoms with Crippen molar-refractivity contribution in [1.29, 1.82) is 0 Å². The molecule has 0 radical (unpaired) electrons. The van der Waals surface area contributed by atoms with Crippen molar-refractivity contribution in [2.45, 2.75) is 106 Å². The van der Waals surface area contributed by atoms with Crippen LogP contribution in [0.5, 0.6) is 0 Å². The number of fused-ring (bicyclic) bond motifs is 1. The SMILES string of the molecule is O=C(O[C@@H]1CC(C(=O)N2CCC[C@@H]2C(=O)NCCO)=C[C@H]2OC(C3CC3)(C3CC3)O[C@H]21)c1ccc(C=CCO[C@H]2O[C@H](CO)[C@H](O)[C@H](O)[C@H]2O)cc1. The summed E-state index contributed by atoms with van der Waals surface area (Å²) in [6.07, 6.45) is 1.65. The summed E-state index contributed by atoms with van der Waals surface area (Å²) >= 11 is 0. The van der Waals surface area contributed by atoms with Gasteiger partial charge in [-0.3, -0.25) is 9.59 Å². The van der Waals surface area contributed by atoms with E-state index in [9.17, 15) is 34.8 Å². The Labute approximate surface area is 301 Å². The Bertz CT molecular complexity index is 1510. The molecule has 1 aromatic rings. The van der Waals surface area contributed by atoms with Gasteiger partial charge in [-0.25, -0.2) is 4.79 Å². The van der Waals surface area contributed by atoms with Crippen molar-refractivity contribution < 1.29 is 63.6 Å². The molecule has 284 valence electrons. The number of rotatable bonds is 13. The molecule has 3 heterocycles. The van der Waals surface area contributed by atoms with Gasteiger partial charge in [0.1, 0.15) is 48.8 Å². The Kier molecular flexibility index (Phi) is 11.1. The van der Waals surface area contributed by atoms with E-state index < -0.39 is 73.4 Å². The van der Waals surface area contributed by atoms with Crippen LogP contribution in [0, 0.1) is 11.8 Å². The van der Waals surface area contributed by atoms with E-state index in [2.05, 4.69) is 5.32 Å². The number of nitrogens with zero attached hydrogens (tertiary/aromatic N) is 1.